The Morgan fingerprint density at radius 1 is 1.00 bits per heavy atom. The molecule has 6 nitrogen and oxygen atoms in total. The predicted molar refractivity (Wildman–Crippen MR) is 37.1 cm³/mol. The molecule has 0 saturated carbocycles. The minimum Gasteiger partial charge on any atom is -1.00 e. The fourth-order valence-electron chi connectivity index (χ4n) is 1.03. The minimum atomic E-state index is -1.57. The number of hydrogen-bond acceptors (Lipinski definition) is 6. The minimum absolute atomic E-state index is 0. The summed E-state index contributed by atoms with van der Waals surface area (Å²) in [7, 11) is 0. The van der Waals surface area contributed by atoms with Crippen molar-refractivity contribution >= 4 is 0 Å². The summed E-state index contributed by atoms with van der Waals surface area (Å²) < 4.78 is 4.62. The second-order valence-electron chi connectivity index (χ2n) is 2.66. The molecule has 17 heavy (non-hydrogen) atoms. The van der Waals surface area contributed by atoms with E-state index in [1.165, 1.54) is 0 Å². The smallest absolute Gasteiger partial charge is 1.00 e. The van der Waals surface area contributed by atoms with Crippen molar-refractivity contribution in [1.29, 1.82) is 0 Å². The molecule has 0 amide bonds. The largest absolute Gasteiger partial charge is 4.00 e. The van der Waals surface area contributed by atoms with Crippen LogP contribution in [0.4, 0.5) is 0 Å². The molecule has 6 N–H and O–H groups in total. The first-order chi connectivity index (χ1) is 5.57. The monoisotopic (exact) mass is 513 g/mol. The summed E-state index contributed by atoms with van der Waals surface area (Å²) in [5, 5.41) is 36.1. The Kier molecular flexibility index (Phi) is 25.7. The van der Waals surface area contributed by atoms with Gasteiger partial charge in [0.2, 0.25) is 0 Å². The molecule has 0 aromatic carbocycles. The average molecular weight is 515 g/mol. The molecule has 4 atom stereocenters. The van der Waals surface area contributed by atoms with E-state index >= 15 is 0 Å². The SMILES string of the molecule is NC[C@H]1O[C-](O)[C@H](O)[C@@H](O)[C@@H]1O.[Cl-].[Cl-].[Cl-].[Cl-].[Pt+4]. The molecular weight excluding hydrogens is 503 g/mol. The molecule has 0 unspecified atom stereocenters. The van der Waals surface area contributed by atoms with Crippen LogP contribution in [0.5, 0.6) is 0 Å². The summed E-state index contributed by atoms with van der Waals surface area (Å²) in [5.41, 5.74) is 5.16. The normalized spacial score (nSPS) is 31.6. The van der Waals surface area contributed by atoms with E-state index in [0.717, 1.165) is 0 Å². The fourth-order valence-corrected chi connectivity index (χ4v) is 1.03. The van der Waals surface area contributed by atoms with Crippen LogP contribution in [0.25, 0.3) is 0 Å². The molecule has 1 aliphatic heterocycles. The van der Waals surface area contributed by atoms with E-state index in [4.69, 9.17) is 21.1 Å². The zero-order chi connectivity index (χ0) is 9.30. The van der Waals surface area contributed by atoms with Gasteiger partial charge in [0, 0.05) is 12.6 Å². The summed E-state index contributed by atoms with van der Waals surface area (Å²) in [4.78, 5) is 0. The first-order valence-electron chi connectivity index (χ1n) is 3.54. The van der Waals surface area contributed by atoms with Gasteiger partial charge in [0.1, 0.15) is 6.10 Å². The summed E-state index contributed by atoms with van der Waals surface area (Å²) >= 11 is 0. The van der Waals surface area contributed by atoms with Crippen LogP contribution in [-0.4, -0.2) is 51.4 Å². The number of rotatable bonds is 1. The molecule has 0 aromatic rings. The first kappa shape index (κ1) is 31.2. The zero-order valence-corrected chi connectivity index (χ0v) is 13.4. The third-order valence-electron chi connectivity index (χ3n) is 1.81. The molecule has 0 radical (unpaired) electrons. The van der Waals surface area contributed by atoms with Gasteiger partial charge in [0.05, 0.1) is 12.2 Å². The Balaban J connectivity index is -0.0000000960. The Bertz CT molecular complexity index is 169. The number of nitrogens with two attached hydrogens (primary N) is 1. The molecular formula is C6H12Cl4NO5Pt-. The van der Waals surface area contributed by atoms with Gasteiger partial charge < -0.3 is 80.5 Å². The molecule has 1 aliphatic rings. The van der Waals surface area contributed by atoms with E-state index in [9.17, 15) is 5.11 Å². The Hall–Kier alpha value is 1.61. The van der Waals surface area contributed by atoms with Gasteiger partial charge in [0.15, 0.2) is 0 Å². The molecule has 0 aliphatic carbocycles. The number of aliphatic hydroxyl groups excluding tert-OH is 4. The van der Waals surface area contributed by atoms with Gasteiger partial charge in [-0.05, 0) is 0 Å². The van der Waals surface area contributed by atoms with Gasteiger partial charge in [-0.15, -0.1) is 0 Å². The second-order valence-corrected chi connectivity index (χ2v) is 2.66. The van der Waals surface area contributed by atoms with Crippen LogP contribution in [0.2, 0.25) is 0 Å². The summed E-state index contributed by atoms with van der Waals surface area (Å²) in [6, 6.07) is 0. The maximum Gasteiger partial charge on any atom is 4.00 e. The molecule has 0 aromatic heterocycles. The molecule has 0 spiro atoms. The van der Waals surface area contributed by atoms with Crippen molar-refractivity contribution in [3.63, 3.8) is 0 Å². The maximum absolute atomic E-state index is 9.19. The zero-order valence-electron chi connectivity index (χ0n) is 8.12. The van der Waals surface area contributed by atoms with Gasteiger partial charge in [-0.3, -0.25) is 0 Å². The average Bonchev–Trinajstić information content (AvgIpc) is 2.08. The molecule has 1 saturated heterocycles. The van der Waals surface area contributed by atoms with Crippen LogP contribution in [-0.2, 0) is 25.8 Å². The second kappa shape index (κ2) is 14.0. The van der Waals surface area contributed by atoms with Gasteiger partial charge in [-0.25, -0.2) is 0 Å². The third kappa shape index (κ3) is 7.70. The molecule has 110 valence electrons. The van der Waals surface area contributed by atoms with Crippen molar-refractivity contribution in [2.45, 2.75) is 24.4 Å². The van der Waals surface area contributed by atoms with E-state index in [2.05, 4.69) is 4.74 Å². The van der Waals surface area contributed by atoms with Crippen LogP contribution in [0.15, 0.2) is 0 Å². The van der Waals surface area contributed by atoms with E-state index < -0.39 is 30.7 Å². The molecule has 0 bridgehead atoms. The van der Waals surface area contributed by atoms with E-state index in [1.54, 1.807) is 0 Å². The van der Waals surface area contributed by atoms with Crippen LogP contribution in [0.3, 0.4) is 0 Å². The van der Waals surface area contributed by atoms with Gasteiger partial charge >= 0.3 is 21.1 Å². The van der Waals surface area contributed by atoms with Crippen molar-refractivity contribution in [3.05, 3.63) is 6.29 Å². The van der Waals surface area contributed by atoms with Crippen LogP contribution in [0.1, 0.15) is 0 Å². The predicted octanol–water partition coefficient (Wildman–Crippen LogP) is -14.7. The number of aliphatic hydroxyl groups is 4. The van der Waals surface area contributed by atoms with Crippen molar-refractivity contribution in [2.75, 3.05) is 6.54 Å². The van der Waals surface area contributed by atoms with Gasteiger partial charge in [0.25, 0.3) is 0 Å². The topological polar surface area (TPSA) is 116 Å². The van der Waals surface area contributed by atoms with E-state index in [-0.39, 0.29) is 77.2 Å². The van der Waals surface area contributed by atoms with Crippen LogP contribution >= 0.6 is 0 Å². The Morgan fingerprint density at radius 3 is 1.76 bits per heavy atom. The fraction of sp³-hybridized carbons (Fsp3) is 0.833. The van der Waals surface area contributed by atoms with Gasteiger partial charge in [-0.2, -0.15) is 0 Å². The van der Waals surface area contributed by atoms with Crippen molar-refractivity contribution < 1.29 is 95.9 Å². The quantitative estimate of drug-likeness (QED) is 0.222. The Morgan fingerprint density at radius 2 is 1.41 bits per heavy atom. The van der Waals surface area contributed by atoms with Crippen LogP contribution in [0, 0.1) is 6.29 Å². The van der Waals surface area contributed by atoms with Crippen molar-refractivity contribution in [2.24, 2.45) is 5.73 Å². The summed E-state index contributed by atoms with van der Waals surface area (Å²) in [5.74, 6) is 0. The van der Waals surface area contributed by atoms with Crippen LogP contribution < -0.4 is 55.4 Å². The van der Waals surface area contributed by atoms with Gasteiger partial charge in [-0.1, -0.05) is 6.29 Å². The van der Waals surface area contributed by atoms with E-state index in [0.29, 0.717) is 0 Å². The summed E-state index contributed by atoms with van der Waals surface area (Å²) in [6.45, 7) is -0.0466. The molecule has 1 rings (SSSR count). The summed E-state index contributed by atoms with van der Waals surface area (Å²) in [6.07, 6.45) is -5.87. The number of halogens is 4. The molecule has 1 fully saturated rings. The first-order valence-corrected chi connectivity index (χ1v) is 3.54. The third-order valence-corrected chi connectivity index (χ3v) is 1.81. The van der Waals surface area contributed by atoms with E-state index in [1.807, 2.05) is 0 Å². The standard InChI is InChI=1S/C6H12NO5.4ClH.Pt/c7-1-2-3(8)4(9)5(10)6(11)12-2;;;;;/h2-5,8-11H,1,7H2;4*1H;/q-1;;;;;+4/p-4/t2-,3-,4+,5-;;;;;/m1...../s1. The maximum atomic E-state index is 9.19. The molecule has 1 heterocycles. The van der Waals surface area contributed by atoms with Crippen molar-refractivity contribution in [3.8, 4) is 0 Å². The van der Waals surface area contributed by atoms with Crippen molar-refractivity contribution in [1.82, 2.24) is 0 Å². The Labute approximate surface area is 138 Å². The number of hydrogen-bond donors (Lipinski definition) is 5. The number of ether oxygens (including phenoxy) is 1. The molecule has 11 heteroatoms.